The van der Waals surface area contributed by atoms with E-state index in [0.29, 0.717) is 32.5 Å². The Balaban J connectivity index is 1.00. The fourth-order valence-corrected chi connectivity index (χ4v) is 6.13. The van der Waals surface area contributed by atoms with Crippen LogP contribution in [0.1, 0.15) is 28.9 Å². The van der Waals surface area contributed by atoms with Crippen LogP contribution in [0.15, 0.2) is 128 Å². The standard InChI is InChI=1S/C39H33N3O2/c43-35(24-32-16-15-31-14-13-29-8-6-9-30-17-18-37(32)39(31)38(29)30)19-22-44-36-12-5-7-28(23-36)25-42(26-33-10-1-3-20-40-33)27-34-11-2-4-21-41-34/h1-18,20-21,23H,19,22,24-27H2. The Bertz CT molecular complexity index is 1970. The van der Waals surface area contributed by atoms with Crippen LogP contribution in [0.4, 0.5) is 0 Å². The molecule has 0 bridgehead atoms. The number of ketones is 1. The highest BCUT2D eigenvalue weighted by Crippen LogP contribution is 2.36. The quantitative estimate of drug-likeness (QED) is 0.138. The lowest BCUT2D eigenvalue weighted by atomic mass is 9.90. The van der Waals surface area contributed by atoms with Gasteiger partial charge in [0.25, 0.3) is 0 Å². The number of carbonyl (C=O) groups excluding carboxylic acids is 1. The van der Waals surface area contributed by atoms with Gasteiger partial charge in [-0.3, -0.25) is 19.7 Å². The lowest BCUT2D eigenvalue weighted by molar-refractivity contribution is -0.118. The van der Waals surface area contributed by atoms with Crippen molar-refractivity contribution < 1.29 is 9.53 Å². The minimum atomic E-state index is 0.174. The molecule has 7 aromatic rings. The van der Waals surface area contributed by atoms with Gasteiger partial charge in [0.2, 0.25) is 0 Å². The van der Waals surface area contributed by atoms with E-state index in [1.807, 2.05) is 60.9 Å². The van der Waals surface area contributed by atoms with Gasteiger partial charge in [0.05, 0.1) is 18.0 Å². The van der Waals surface area contributed by atoms with Crippen molar-refractivity contribution in [3.63, 3.8) is 0 Å². The van der Waals surface area contributed by atoms with Crippen molar-refractivity contribution in [1.82, 2.24) is 14.9 Å². The number of hydrogen-bond acceptors (Lipinski definition) is 5. The van der Waals surface area contributed by atoms with Crippen molar-refractivity contribution in [3.8, 4) is 5.75 Å². The van der Waals surface area contributed by atoms with Crippen molar-refractivity contribution in [2.45, 2.75) is 32.5 Å². The first kappa shape index (κ1) is 27.7. The highest BCUT2D eigenvalue weighted by molar-refractivity contribution is 6.23. The summed E-state index contributed by atoms with van der Waals surface area (Å²) in [6.45, 7) is 2.48. The summed E-state index contributed by atoms with van der Waals surface area (Å²) in [5, 5.41) is 7.36. The van der Waals surface area contributed by atoms with Gasteiger partial charge in [-0.25, -0.2) is 0 Å². The van der Waals surface area contributed by atoms with Crippen LogP contribution in [0, 0.1) is 0 Å². The Morgan fingerprint density at radius 1 is 0.636 bits per heavy atom. The van der Waals surface area contributed by atoms with Crippen LogP contribution in [-0.4, -0.2) is 27.3 Å². The highest BCUT2D eigenvalue weighted by Gasteiger charge is 2.14. The highest BCUT2D eigenvalue weighted by atomic mass is 16.5. The first-order valence-electron chi connectivity index (χ1n) is 15.1. The van der Waals surface area contributed by atoms with E-state index in [1.165, 1.54) is 26.9 Å². The second kappa shape index (κ2) is 12.6. The van der Waals surface area contributed by atoms with Crippen molar-refractivity contribution in [3.05, 3.63) is 150 Å². The lowest BCUT2D eigenvalue weighted by Crippen LogP contribution is -2.23. The van der Waals surface area contributed by atoms with Crippen LogP contribution < -0.4 is 4.74 Å². The van der Waals surface area contributed by atoms with E-state index in [0.717, 1.165) is 40.2 Å². The van der Waals surface area contributed by atoms with E-state index in [-0.39, 0.29) is 5.78 Å². The fraction of sp³-hybridized carbons (Fsp3) is 0.154. The maximum Gasteiger partial charge on any atom is 0.140 e. The minimum absolute atomic E-state index is 0.174. The molecule has 2 aromatic heterocycles. The van der Waals surface area contributed by atoms with E-state index >= 15 is 0 Å². The van der Waals surface area contributed by atoms with Gasteiger partial charge in [-0.15, -0.1) is 0 Å². The lowest BCUT2D eigenvalue weighted by Gasteiger charge is -2.22. The fourth-order valence-electron chi connectivity index (χ4n) is 6.13. The molecule has 7 rings (SSSR count). The number of pyridine rings is 2. The Morgan fingerprint density at radius 3 is 2.00 bits per heavy atom. The van der Waals surface area contributed by atoms with Gasteiger partial charge in [0, 0.05) is 44.9 Å². The number of ether oxygens (including phenoxy) is 1. The van der Waals surface area contributed by atoms with Crippen LogP contribution in [0.3, 0.4) is 0 Å². The summed E-state index contributed by atoms with van der Waals surface area (Å²) in [4.78, 5) is 24.5. The van der Waals surface area contributed by atoms with Crippen LogP contribution >= 0.6 is 0 Å². The number of carbonyl (C=O) groups is 1. The zero-order valence-corrected chi connectivity index (χ0v) is 24.5. The molecule has 0 saturated carbocycles. The normalized spacial score (nSPS) is 11.6. The third-order valence-corrected chi connectivity index (χ3v) is 8.18. The van der Waals surface area contributed by atoms with E-state index in [1.54, 1.807) is 0 Å². The second-order valence-corrected chi connectivity index (χ2v) is 11.3. The number of benzene rings is 5. The van der Waals surface area contributed by atoms with Crippen molar-refractivity contribution in [1.29, 1.82) is 0 Å². The first-order chi connectivity index (χ1) is 21.7. The predicted octanol–water partition coefficient (Wildman–Crippen LogP) is 8.16. The molecule has 0 amide bonds. The Hall–Kier alpha value is -5.13. The average Bonchev–Trinajstić information content (AvgIpc) is 3.05. The zero-order valence-electron chi connectivity index (χ0n) is 24.5. The molecular weight excluding hydrogens is 542 g/mol. The molecule has 0 aliphatic carbocycles. The molecule has 5 heteroatoms. The molecule has 0 fully saturated rings. The summed E-state index contributed by atoms with van der Waals surface area (Å²) in [6, 6.07) is 39.5. The van der Waals surface area contributed by atoms with Gasteiger partial charge in [0.15, 0.2) is 0 Å². The molecule has 0 aliphatic heterocycles. The largest absolute Gasteiger partial charge is 0.493 e. The van der Waals surface area contributed by atoms with Crippen LogP contribution in [0.2, 0.25) is 0 Å². The van der Waals surface area contributed by atoms with Gasteiger partial charge in [0.1, 0.15) is 11.5 Å². The van der Waals surface area contributed by atoms with E-state index in [2.05, 4.69) is 81.6 Å². The smallest absolute Gasteiger partial charge is 0.140 e. The molecular formula is C39H33N3O2. The third-order valence-electron chi connectivity index (χ3n) is 8.18. The zero-order chi connectivity index (χ0) is 29.7. The maximum atomic E-state index is 13.1. The van der Waals surface area contributed by atoms with Gasteiger partial charge >= 0.3 is 0 Å². The average molecular weight is 576 g/mol. The summed E-state index contributed by atoms with van der Waals surface area (Å²) in [5.74, 6) is 0.946. The predicted molar refractivity (Wildman–Crippen MR) is 177 cm³/mol. The summed E-state index contributed by atoms with van der Waals surface area (Å²) in [7, 11) is 0. The van der Waals surface area contributed by atoms with E-state index in [4.69, 9.17) is 4.74 Å². The summed E-state index contributed by atoms with van der Waals surface area (Å²) in [5.41, 5.74) is 4.23. The number of hydrogen-bond donors (Lipinski definition) is 0. The molecule has 0 unspecified atom stereocenters. The topological polar surface area (TPSA) is 55.3 Å². The van der Waals surface area contributed by atoms with E-state index < -0.39 is 0 Å². The van der Waals surface area contributed by atoms with E-state index in [9.17, 15) is 4.79 Å². The van der Waals surface area contributed by atoms with Crippen LogP contribution in [-0.2, 0) is 30.8 Å². The summed E-state index contributed by atoms with van der Waals surface area (Å²) >= 11 is 0. The molecule has 44 heavy (non-hydrogen) atoms. The minimum Gasteiger partial charge on any atom is -0.493 e. The second-order valence-electron chi connectivity index (χ2n) is 11.3. The van der Waals surface area contributed by atoms with Gasteiger partial charge in [-0.1, -0.05) is 78.9 Å². The number of aromatic nitrogens is 2. The summed E-state index contributed by atoms with van der Waals surface area (Å²) < 4.78 is 6.09. The Labute approximate surface area is 257 Å². The number of nitrogens with zero attached hydrogens (tertiary/aromatic N) is 3. The molecule has 2 heterocycles. The van der Waals surface area contributed by atoms with Crippen molar-refractivity contribution >= 4 is 38.1 Å². The van der Waals surface area contributed by atoms with Gasteiger partial charge in [-0.05, 0) is 79.8 Å². The molecule has 0 N–H and O–H groups in total. The Kier molecular flexibility index (Phi) is 7.94. The number of Topliss-reactive ketones (excluding diaryl/α,β-unsaturated/α-hetero) is 1. The third kappa shape index (κ3) is 6.14. The first-order valence-corrected chi connectivity index (χ1v) is 15.1. The molecule has 0 atom stereocenters. The molecule has 216 valence electrons. The van der Waals surface area contributed by atoms with Crippen LogP contribution in [0.5, 0.6) is 5.75 Å². The van der Waals surface area contributed by atoms with Crippen LogP contribution in [0.25, 0.3) is 32.3 Å². The molecule has 0 spiro atoms. The molecule has 0 radical (unpaired) electrons. The van der Waals surface area contributed by atoms with Gasteiger partial charge < -0.3 is 4.74 Å². The summed E-state index contributed by atoms with van der Waals surface area (Å²) in [6.07, 6.45) is 4.41. The maximum absolute atomic E-state index is 13.1. The molecule has 0 aliphatic rings. The number of rotatable bonds is 12. The van der Waals surface area contributed by atoms with Crippen molar-refractivity contribution in [2.75, 3.05) is 6.61 Å². The van der Waals surface area contributed by atoms with Crippen molar-refractivity contribution in [2.24, 2.45) is 0 Å². The molecule has 5 aromatic carbocycles. The SMILES string of the molecule is O=C(CCOc1cccc(CN(Cc2ccccn2)Cc2ccccn2)c1)Cc1ccc2ccc3cccc4ccc1c2c34. The molecule has 0 saturated heterocycles. The monoisotopic (exact) mass is 575 g/mol. The Morgan fingerprint density at radius 2 is 1.30 bits per heavy atom. The van der Waals surface area contributed by atoms with Gasteiger partial charge in [-0.2, -0.15) is 0 Å². The molecule has 5 nitrogen and oxygen atoms in total.